The van der Waals surface area contributed by atoms with E-state index in [1.165, 1.54) is 18.0 Å². The molecule has 1 aromatic heterocycles. The third-order valence-corrected chi connectivity index (χ3v) is 3.04. The van der Waals surface area contributed by atoms with Gasteiger partial charge in [-0.3, -0.25) is 4.79 Å². The van der Waals surface area contributed by atoms with Gasteiger partial charge >= 0.3 is 5.97 Å². The van der Waals surface area contributed by atoms with Gasteiger partial charge in [0, 0.05) is 11.8 Å². The summed E-state index contributed by atoms with van der Waals surface area (Å²) in [4.78, 5) is 15.8. The van der Waals surface area contributed by atoms with Gasteiger partial charge < -0.3 is 14.5 Å². The number of esters is 1. The van der Waals surface area contributed by atoms with E-state index in [2.05, 4.69) is 10.3 Å². The number of carbonyl (C=O) groups excluding carboxylic acids is 1. The second-order valence-electron chi connectivity index (χ2n) is 4.06. The quantitative estimate of drug-likeness (QED) is 0.577. The van der Waals surface area contributed by atoms with Crippen LogP contribution in [-0.4, -0.2) is 35.4 Å². The van der Waals surface area contributed by atoms with Gasteiger partial charge in [0.15, 0.2) is 0 Å². The van der Waals surface area contributed by atoms with E-state index >= 15 is 0 Å². The molecule has 6 heteroatoms. The lowest BCUT2D eigenvalue weighted by atomic mass is 10.2. The Morgan fingerprint density at radius 2 is 2.39 bits per heavy atom. The lowest BCUT2D eigenvalue weighted by Gasteiger charge is -2.19. The summed E-state index contributed by atoms with van der Waals surface area (Å²) in [6, 6.07) is -0.0291. The minimum Gasteiger partial charge on any atom is -0.465 e. The molecule has 0 aliphatic carbocycles. The number of hydrogen-bond acceptors (Lipinski definition) is 6. The molecule has 0 fully saturated rings. The van der Waals surface area contributed by atoms with Crippen molar-refractivity contribution in [2.24, 2.45) is 0 Å². The van der Waals surface area contributed by atoms with Crippen LogP contribution in [0.15, 0.2) is 22.1 Å². The van der Waals surface area contributed by atoms with Crippen LogP contribution in [0.4, 0.5) is 0 Å². The largest absolute Gasteiger partial charge is 0.465 e. The Morgan fingerprint density at radius 3 is 2.94 bits per heavy atom. The predicted molar refractivity (Wildman–Crippen MR) is 70.5 cm³/mol. The number of aromatic nitrogens is 1. The van der Waals surface area contributed by atoms with Crippen LogP contribution >= 0.6 is 11.8 Å². The van der Waals surface area contributed by atoms with Gasteiger partial charge in [-0.1, -0.05) is 25.6 Å². The van der Waals surface area contributed by atoms with Gasteiger partial charge in [-0.2, -0.15) is 0 Å². The second-order valence-corrected chi connectivity index (χ2v) is 5.11. The third-order valence-electron chi connectivity index (χ3n) is 2.15. The molecule has 0 amide bonds. The first-order valence-electron chi connectivity index (χ1n) is 6.08. The highest BCUT2D eigenvalue weighted by Crippen LogP contribution is 2.16. The maximum Gasteiger partial charge on any atom is 0.323 e. The SMILES string of the molecule is CCOC(=O)C(CCSc1ncco1)NC(C)C. The molecule has 18 heavy (non-hydrogen) atoms. The van der Waals surface area contributed by atoms with Crippen LogP contribution < -0.4 is 5.32 Å². The zero-order chi connectivity index (χ0) is 13.4. The van der Waals surface area contributed by atoms with Gasteiger partial charge in [-0.25, -0.2) is 4.98 Å². The van der Waals surface area contributed by atoms with E-state index in [9.17, 15) is 4.79 Å². The Balaban J connectivity index is 2.37. The van der Waals surface area contributed by atoms with Crippen LogP contribution in [0.1, 0.15) is 27.2 Å². The third kappa shape index (κ3) is 5.55. The highest BCUT2D eigenvalue weighted by molar-refractivity contribution is 7.99. The van der Waals surface area contributed by atoms with Crippen molar-refractivity contribution in [1.29, 1.82) is 0 Å². The first-order chi connectivity index (χ1) is 8.63. The Morgan fingerprint density at radius 1 is 1.61 bits per heavy atom. The lowest BCUT2D eigenvalue weighted by Crippen LogP contribution is -2.42. The fourth-order valence-corrected chi connectivity index (χ4v) is 2.25. The Hall–Kier alpha value is -1.01. The minimum absolute atomic E-state index is 0.195. The maximum atomic E-state index is 11.7. The van der Waals surface area contributed by atoms with Crippen molar-refractivity contribution in [3.8, 4) is 0 Å². The molecule has 0 radical (unpaired) electrons. The molecule has 0 aliphatic heterocycles. The Kier molecular flexibility index (Phi) is 6.82. The van der Waals surface area contributed by atoms with Gasteiger partial charge in [0.05, 0.1) is 12.8 Å². The molecule has 0 saturated carbocycles. The van der Waals surface area contributed by atoms with E-state index in [0.29, 0.717) is 18.3 Å². The molecule has 0 aliphatic rings. The number of hydrogen-bond donors (Lipinski definition) is 1. The number of rotatable bonds is 8. The molecule has 1 heterocycles. The van der Waals surface area contributed by atoms with E-state index in [1.807, 2.05) is 20.8 Å². The molecular weight excluding hydrogens is 252 g/mol. The Bertz CT molecular complexity index is 341. The molecule has 0 bridgehead atoms. The fourth-order valence-electron chi connectivity index (χ4n) is 1.46. The average molecular weight is 272 g/mol. The van der Waals surface area contributed by atoms with E-state index in [1.54, 1.807) is 6.20 Å². The highest BCUT2D eigenvalue weighted by atomic mass is 32.2. The molecule has 1 N–H and O–H groups in total. The van der Waals surface area contributed by atoms with Crippen molar-refractivity contribution in [3.63, 3.8) is 0 Å². The first-order valence-corrected chi connectivity index (χ1v) is 7.07. The fraction of sp³-hybridized carbons (Fsp3) is 0.667. The summed E-state index contributed by atoms with van der Waals surface area (Å²) in [6.07, 6.45) is 3.83. The number of nitrogens with zero attached hydrogens (tertiary/aromatic N) is 1. The van der Waals surface area contributed by atoms with Crippen molar-refractivity contribution in [1.82, 2.24) is 10.3 Å². The second kappa shape index (κ2) is 8.16. The lowest BCUT2D eigenvalue weighted by molar-refractivity contribution is -0.145. The smallest absolute Gasteiger partial charge is 0.323 e. The van der Waals surface area contributed by atoms with E-state index in [4.69, 9.17) is 9.15 Å². The standard InChI is InChI=1S/C12H20N2O3S/c1-4-16-11(15)10(14-9(2)3)5-8-18-12-13-6-7-17-12/h6-7,9-10,14H,4-5,8H2,1-3H3. The molecule has 0 spiro atoms. The maximum absolute atomic E-state index is 11.7. The van der Waals surface area contributed by atoms with Gasteiger partial charge in [0.25, 0.3) is 5.22 Å². The van der Waals surface area contributed by atoms with Crippen LogP contribution in [0.25, 0.3) is 0 Å². The number of nitrogens with one attached hydrogen (secondary N) is 1. The molecule has 102 valence electrons. The summed E-state index contributed by atoms with van der Waals surface area (Å²) in [5.41, 5.74) is 0. The summed E-state index contributed by atoms with van der Waals surface area (Å²) in [7, 11) is 0. The van der Waals surface area contributed by atoms with Crippen molar-refractivity contribution >= 4 is 17.7 Å². The topological polar surface area (TPSA) is 64.4 Å². The van der Waals surface area contributed by atoms with Crippen molar-refractivity contribution in [3.05, 3.63) is 12.5 Å². The molecule has 0 saturated heterocycles. The number of oxazole rings is 1. The zero-order valence-corrected chi connectivity index (χ0v) is 11.8. The predicted octanol–water partition coefficient (Wildman–Crippen LogP) is 2.09. The van der Waals surface area contributed by atoms with Crippen molar-refractivity contribution in [2.75, 3.05) is 12.4 Å². The summed E-state index contributed by atoms with van der Waals surface area (Å²) in [5.74, 6) is 0.559. The first kappa shape index (κ1) is 15.0. The van der Waals surface area contributed by atoms with Gasteiger partial charge in [-0.15, -0.1) is 0 Å². The molecule has 0 aromatic carbocycles. The summed E-state index contributed by atoms with van der Waals surface area (Å²) < 4.78 is 10.2. The van der Waals surface area contributed by atoms with Crippen LogP contribution in [0.5, 0.6) is 0 Å². The van der Waals surface area contributed by atoms with Crippen LogP contribution in [-0.2, 0) is 9.53 Å². The Labute approximate surface area is 112 Å². The molecule has 5 nitrogen and oxygen atoms in total. The summed E-state index contributed by atoms with van der Waals surface area (Å²) >= 11 is 1.49. The monoisotopic (exact) mass is 272 g/mol. The number of carbonyl (C=O) groups is 1. The molecule has 1 rings (SSSR count). The molecule has 1 atom stereocenters. The highest BCUT2D eigenvalue weighted by Gasteiger charge is 2.20. The van der Waals surface area contributed by atoms with Gasteiger partial charge in [0.1, 0.15) is 12.3 Å². The van der Waals surface area contributed by atoms with Gasteiger partial charge in [-0.05, 0) is 13.3 Å². The number of thioether (sulfide) groups is 1. The summed E-state index contributed by atoms with van der Waals surface area (Å²) in [6.45, 7) is 6.23. The molecule has 1 unspecified atom stereocenters. The molecular formula is C12H20N2O3S. The average Bonchev–Trinajstić information content (AvgIpc) is 2.80. The van der Waals surface area contributed by atoms with E-state index in [-0.39, 0.29) is 18.1 Å². The normalized spacial score (nSPS) is 12.7. The molecule has 1 aromatic rings. The van der Waals surface area contributed by atoms with Crippen LogP contribution in [0.3, 0.4) is 0 Å². The zero-order valence-electron chi connectivity index (χ0n) is 11.0. The van der Waals surface area contributed by atoms with Crippen molar-refractivity contribution in [2.45, 2.75) is 44.5 Å². The van der Waals surface area contributed by atoms with Crippen LogP contribution in [0, 0.1) is 0 Å². The summed E-state index contributed by atoms with van der Waals surface area (Å²) in [5, 5.41) is 3.83. The number of ether oxygens (including phenoxy) is 1. The van der Waals surface area contributed by atoms with E-state index < -0.39 is 0 Å². The van der Waals surface area contributed by atoms with Crippen LogP contribution in [0.2, 0.25) is 0 Å². The minimum atomic E-state index is -0.271. The van der Waals surface area contributed by atoms with Crippen molar-refractivity contribution < 1.29 is 13.9 Å². The van der Waals surface area contributed by atoms with Gasteiger partial charge in [0.2, 0.25) is 0 Å². The van der Waals surface area contributed by atoms with E-state index in [0.717, 1.165) is 5.75 Å².